The number of hydrogen-bond acceptors (Lipinski definition) is 6. The third kappa shape index (κ3) is 5.05. The summed E-state index contributed by atoms with van der Waals surface area (Å²) in [7, 11) is 0. The second-order valence-corrected chi connectivity index (χ2v) is 10.4. The molecule has 10 heteroatoms. The lowest BCUT2D eigenvalue weighted by Gasteiger charge is -2.11. The molecule has 3 aromatic heterocycles. The largest absolute Gasteiger partial charge is 0.484 e. The Morgan fingerprint density at radius 2 is 1.85 bits per heavy atom. The minimum Gasteiger partial charge on any atom is -0.484 e. The molecule has 41 heavy (non-hydrogen) atoms. The lowest BCUT2D eigenvalue weighted by atomic mass is 10.2. The molecule has 0 saturated carbocycles. The maximum Gasteiger partial charge on any atom is 0.282 e. The summed E-state index contributed by atoms with van der Waals surface area (Å²) >= 11 is 3.49. The summed E-state index contributed by atoms with van der Waals surface area (Å²) in [6.07, 6.45) is 1.66. The molecule has 0 aliphatic carbocycles. The fraction of sp³-hybridized carbons (Fsp3) is 0.0968. The van der Waals surface area contributed by atoms with E-state index in [1.165, 1.54) is 4.68 Å². The fourth-order valence-electron chi connectivity index (χ4n) is 4.80. The summed E-state index contributed by atoms with van der Waals surface area (Å²) in [6.45, 7) is 3.78. The molecule has 0 fully saturated rings. The monoisotopic (exact) mass is 609 g/mol. The van der Waals surface area contributed by atoms with Crippen molar-refractivity contribution >= 4 is 49.9 Å². The van der Waals surface area contributed by atoms with Crippen LogP contribution < -0.4 is 16.0 Å². The quantitative estimate of drug-likeness (QED) is 0.232. The maximum atomic E-state index is 13.6. The third-order valence-electron chi connectivity index (χ3n) is 6.71. The van der Waals surface area contributed by atoms with E-state index >= 15 is 0 Å². The molecule has 0 aliphatic heterocycles. The van der Waals surface area contributed by atoms with Gasteiger partial charge in [0, 0.05) is 32.5 Å². The summed E-state index contributed by atoms with van der Waals surface area (Å²) in [5.74, 6) is 0.748. The number of carbonyl (C=O) groups is 1. The molecule has 2 N–H and O–H groups in total. The van der Waals surface area contributed by atoms with Crippen LogP contribution >= 0.6 is 15.9 Å². The van der Waals surface area contributed by atoms with Crippen molar-refractivity contribution in [3.8, 4) is 23.0 Å². The van der Waals surface area contributed by atoms with E-state index in [1.54, 1.807) is 36.5 Å². The van der Waals surface area contributed by atoms with Gasteiger partial charge in [-0.15, -0.1) is 0 Å². The molecule has 0 aliphatic rings. The van der Waals surface area contributed by atoms with Crippen LogP contribution in [0.15, 0.2) is 97.6 Å². The number of benzene rings is 3. The molecule has 1 amide bonds. The van der Waals surface area contributed by atoms with Crippen molar-refractivity contribution in [3.05, 3.63) is 111 Å². The van der Waals surface area contributed by atoms with E-state index in [0.29, 0.717) is 33.8 Å². The number of ether oxygens (including phenoxy) is 1. The summed E-state index contributed by atoms with van der Waals surface area (Å²) in [5.41, 5.74) is 9.73. The van der Waals surface area contributed by atoms with Crippen molar-refractivity contribution in [2.75, 3.05) is 6.61 Å². The molecule has 204 valence electrons. The molecule has 0 unspecified atom stereocenters. The van der Waals surface area contributed by atoms with Crippen molar-refractivity contribution < 1.29 is 13.9 Å². The van der Waals surface area contributed by atoms with Crippen LogP contribution in [-0.2, 0) is 4.79 Å². The number of nitrogens with zero attached hydrogens (tertiary/aromatic N) is 4. The van der Waals surface area contributed by atoms with E-state index in [4.69, 9.17) is 19.9 Å². The SMILES string of the molecule is Cc1cc(C=Nn2c(-c3cc4cc(Br)ccc4o3)nc3ccccc3c2=O)c(C)n1-c1ccc(OCC(N)=O)cc1. The average molecular weight is 610 g/mol. The van der Waals surface area contributed by atoms with Crippen molar-refractivity contribution in [1.82, 2.24) is 14.2 Å². The van der Waals surface area contributed by atoms with Gasteiger partial charge in [-0.25, -0.2) is 4.98 Å². The van der Waals surface area contributed by atoms with Crippen LogP contribution in [0.25, 0.3) is 39.1 Å². The van der Waals surface area contributed by atoms with Crippen LogP contribution in [0.4, 0.5) is 0 Å². The summed E-state index contributed by atoms with van der Waals surface area (Å²) in [6, 6.07) is 24.1. The van der Waals surface area contributed by atoms with Crippen LogP contribution in [0.2, 0.25) is 0 Å². The highest BCUT2D eigenvalue weighted by molar-refractivity contribution is 9.10. The van der Waals surface area contributed by atoms with Gasteiger partial charge in [0.2, 0.25) is 5.82 Å². The molecule has 6 aromatic rings. The fourth-order valence-corrected chi connectivity index (χ4v) is 5.17. The number of fused-ring (bicyclic) bond motifs is 2. The Balaban J connectivity index is 1.41. The van der Waals surface area contributed by atoms with Gasteiger partial charge in [0.25, 0.3) is 11.5 Å². The van der Waals surface area contributed by atoms with Gasteiger partial charge in [0.05, 0.1) is 17.1 Å². The Morgan fingerprint density at radius 3 is 2.63 bits per heavy atom. The third-order valence-corrected chi connectivity index (χ3v) is 7.20. The Bertz CT molecular complexity index is 2040. The number of aryl methyl sites for hydroxylation is 1. The molecular weight excluding hydrogens is 586 g/mol. The minimum absolute atomic E-state index is 0.182. The van der Waals surface area contributed by atoms with Crippen LogP contribution in [0.5, 0.6) is 5.75 Å². The Morgan fingerprint density at radius 1 is 1.07 bits per heavy atom. The normalized spacial score (nSPS) is 11.6. The summed E-state index contributed by atoms with van der Waals surface area (Å²) in [5, 5.41) is 5.96. The number of hydrogen-bond donors (Lipinski definition) is 1. The second-order valence-electron chi connectivity index (χ2n) is 9.52. The first-order valence-corrected chi connectivity index (χ1v) is 13.5. The smallest absolute Gasteiger partial charge is 0.282 e. The lowest BCUT2D eigenvalue weighted by Crippen LogP contribution is -2.20. The Hall–Kier alpha value is -4.96. The zero-order valence-corrected chi connectivity index (χ0v) is 23.8. The number of primary amides is 1. The van der Waals surface area contributed by atoms with Crippen molar-refractivity contribution in [2.24, 2.45) is 10.8 Å². The highest BCUT2D eigenvalue weighted by Crippen LogP contribution is 2.29. The average Bonchev–Trinajstić information content (AvgIpc) is 3.50. The molecule has 9 nitrogen and oxygen atoms in total. The highest BCUT2D eigenvalue weighted by atomic mass is 79.9. The highest BCUT2D eigenvalue weighted by Gasteiger charge is 2.17. The molecule has 3 aromatic carbocycles. The predicted molar refractivity (Wildman–Crippen MR) is 162 cm³/mol. The van der Waals surface area contributed by atoms with E-state index in [2.05, 4.69) is 25.6 Å². The van der Waals surface area contributed by atoms with Crippen molar-refractivity contribution in [3.63, 3.8) is 0 Å². The van der Waals surface area contributed by atoms with Crippen LogP contribution in [0, 0.1) is 13.8 Å². The number of aromatic nitrogens is 3. The number of amides is 1. The number of nitrogens with two attached hydrogens (primary N) is 1. The van der Waals surface area contributed by atoms with Crippen LogP contribution in [-0.4, -0.2) is 33.0 Å². The minimum atomic E-state index is -0.535. The van der Waals surface area contributed by atoms with Gasteiger partial charge in [-0.2, -0.15) is 9.78 Å². The number of carbonyl (C=O) groups excluding carboxylic acids is 1. The molecule has 6 rings (SSSR count). The summed E-state index contributed by atoms with van der Waals surface area (Å²) < 4.78 is 15.7. The number of para-hydroxylation sites is 1. The van der Waals surface area contributed by atoms with Crippen molar-refractivity contribution in [1.29, 1.82) is 0 Å². The molecule has 0 spiro atoms. The maximum absolute atomic E-state index is 13.6. The zero-order valence-electron chi connectivity index (χ0n) is 22.2. The number of rotatable bonds is 7. The molecule has 0 saturated heterocycles. The molecule has 0 atom stereocenters. The first kappa shape index (κ1) is 26.3. The van der Waals surface area contributed by atoms with Gasteiger partial charge < -0.3 is 19.5 Å². The Kier molecular flexibility index (Phi) is 6.76. The second kappa shape index (κ2) is 10.5. The Labute approximate surface area is 242 Å². The first-order chi connectivity index (χ1) is 19.8. The van der Waals surface area contributed by atoms with Crippen LogP contribution in [0.3, 0.4) is 0 Å². The molecule has 0 bridgehead atoms. The van der Waals surface area contributed by atoms with Crippen LogP contribution in [0.1, 0.15) is 17.0 Å². The van der Waals surface area contributed by atoms with Gasteiger partial charge in [-0.1, -0.05) is 28.1 Å². The molecular formula is C31H24BrN5O4. The van der Waals surface area contributed by atoms with E-state index in [0.717, 1.165) is 32.5 Å². The predicted octanol–water partition coefficient (Wildman–Crippen LogP) is 5.73. The topological polar surface area (TPSA) is 118 Å². The van der Waals surface area contributed by atoms with E-state index in [-0.39, 0.29) is 12.2 Å². The van der Waals surface area contributed by atoms with Gasteiger partial charge in [0.15, 0.2) is 12.4 Å². The summed E-state index contributed by atoms with van der Waals surface area (Å²) in [4.78, 5) is 29.4. The number of halogens is 1. The van der Waals surface area contributed by atoms with E-state index in [1.807, 2.05) is 62.4 Å². The van der Waals surface area contributed by atoms with Gasteiger partial charge >= 0.3 is 0 Å². The number of furan rings is 1. The molecule has 3 heterocycles. The van der Waals surface area contributed by atoms with E-state index < -0.39 is 5.91 Å². The zero-order chi connectivity index (χ0) is 28.7. The van der Waals surface area contributed by atoms with Gasteiger partial charge in [-0.05, 0) is 80.6 Å². The lowest BCUT2D eigenvalue weighted by molar-refractivity contribution is -0.119. The van der Waals surface area contributed by atoms with Gasteiger partial charge in [-0.3, -0.25) is 9.59 Å². The van der Waals surface area contributed by atoms with Crippen molar-refractivity contribution in [2.45, 2.75) is 13.8 Å². The molecule has 0 radical (unpaired) electrons. The standard InChI is InChI=1S/C31H24BrN5O4/c1-18-13-21(19(2)36(18)23-8-10-24(11-9-23)40-17-29(33)38)16-34-37-30(35-26-6-4-3-5-25(26)31(37)39)28-15-20-14-22(32)7-12-27(20)41-28/h3-16H,17H2,1-2H3,(H2,33,38). The van der Waals surface area contributed by atoms with Gasteiger partial charge in [0.1, 0.15) is 11.3 Å². The van der Waals surface area contributed by atoms with E-state index in [9.17, 15) is 9.59 Å². The first-order valence-electron chi connectivity index (χ1n) is 12.7.